The maximum Gasteiger partial charge on any atom is 0.263 e. The average Bonchev–Trinajstić information content (AvgIpc) is 3.15. The van der Waals surface area contributed by atoms with E-state index in [1.54, 1.807) is 24.3 Å². The van der Waals surface area contributed by atoms with Gasteiger partial charge in [-0.3, -0.25) is 14.2 Å². The molecule has 2 heterocycles. The number of carbonyl (C=O) groups excluding carboxylic acids is 1. The highest BCUT2D eigenvalue weighted by Crippen LogP contribution is 2.30. The van der Waals surface area contributed by atoms with Crippen LogP contribution in [0.2, 0.25) is 5.02 Å². The van der Waals surface area contributed by atoms with Gasteiger partial charge in [0.05, 0.1) is 17.8 Å². The van der Waals surface area contributed by atoms with Gasteiger partial charge >= 0.3 is 0 Å². The SMILES string of the molecule is CC(NC(=O)Cn1cnc2scc(-c3ccc(F)cc3)c2c1=O)c1cccc(Cl)c1. The zero-order valence-corrected chi connectivity index (χ0v) is 17.5. The first-order valence-electron chi connectivity index (χ1n) is 9.20. The van der Waals surface area contributed by atoms with Gasteiger partial charge < -0.3 is 5.32 Å². The monoisotopic (exact) mass is 441 g/mol. The molecule has 0 saturated carbocycles. The van der Waals surface area contributed by atoms with Crippen molar-refractivity contribution < 1.29 is 9.18 Å². The van der Waals surface area contributed by atoms with Crippen LogP contribution in [-0.4, -0.2) is 15.5 Å². The second kappa shape index (κ2) is 8.38. The lowest BCUT2D eigenvalue weighted by Gasteiger charge is -2.15. The Bertz CT molecular complexity index is 1280. The number of thiophene rings is 1. The number of fused-ring (bicyclic) bond motifs is 1. The molecule has 152 valence electrons. The maximum absolute atomic E-state index is 13.3. The number of halogens is 2. The van der Waals surface area contributed by atoms with Gasteiger partial charge in [-0.2, -0.15) is 0 Å². The quantitative estimate of drug-likeness (QED) is 0.484. The molecule has 30 heavy (non-hydrogen) atoms. The minimum absolute atomic E-state index is 0.161. The number of hydrogen-bond acceptors (Lipinski definition) is 4. The largest absolute Gasteiger partial charge is 0.348 e. The topological polar surface area (TPSA) is 64.0 Å². The third-order valence-corrected chi connectivity index (χ3v) is 5.88. The molecular formula is C22H17ClFN3O2S. The summed E-state index contributed by atoms with van der Waals surface area (Å²) < 4.78 is 14.5. The molecule has 1 unspecified atom stereocenters. The van der Waals surface area contributed by atoms with E-state index < -0.39 is 0 Å². The Balaban J connectivity index is 1.59. The molecule has 2 aromatic carbocycles. The van der Waals surface area contributed by atoms with Crippen molar-refractivity contribution in [1.29, 1.82) is 0 Å². The maximum atomic E-state index is 13.3. The number of carbonyl (C=O) groups is 1. The summed E-state index contributed by atoms with van der Waals surface area (Å²) in [5.41, 5.74) is 1.95. The zero-order valence-electron chi connectivity index (χ0n) is 15.9. The minimum atomic E-state index is -0.348. The molecule has 0 saturated heterocycles. The Labute approximate surface area is 180 Å². The summed E-state index contributed by atoms with van der Waals surface area (Å²) in [6, 6.07) is 12.9. The molecule has 0 aliphatic carbocycles. The number of aromatic nitrogens is 2. The molecule has 0 spiro atoms. The molecule has 4 aromatic rings. The van der Waals surface area contributed by atoms with Crippen molar-refractivity contribution in [3.63, 3.8) is 0 Å². The van der Waals surface area contributed by atoms with Crippen molar-refractivity contribution in [3.8, 4) is 11.1 Å². The molecule has 0 fully saturated rings. The Kier molecular flexibility index (Phi) is 5.65. The summed E-state index contributed by atoms with van der Waals surface area (Å²) in [4.78, 5) is 30.5. The molecule has 1 amide bonds. The lowest BCUT2D eigenvalue weighted by atomic mass is 10.1. The molecule has 5 nitrogen and oxygen atoms in total. The van der Waals surface area contributed by atoms with Crippen LogP contribution in [0, 0.1) is 5.82 Å². The van der Waals surface area contributed by atoms with Crippen LogP contribution in [-0.2, 0) is 11.3 Å². The van der Waals surface area contributed by atoms with E-state index in [0.29, 0.717) is 20.8 Å². The van der Waals surface area contributed by atoms with Crippen molar-refractivity contribution in [2.75, 3.05) is 0 Å². The number of hydrogen-bond donors (Lipinski definition) is 1. The molecule has 1 N–H and O–H groups in total. The van der Waals surface area contributed by atoms with Crippen LogP contribution in [0.25, 0.3) is 21.3 Å². The van der Waals surface area contributed by atoms with Gasteiger partial charge in [0.2, 0.25) is 5.91 Å². The van der Waals surface area contributed by atoms with Gasteiger partial charge in [-0.15, -0.1) is 11.3 Å². The molecule has 2 aromatic heterocycles. The third kappa shape index (κ3) is 4.13. The first-order chi connectivity index (χ1) is 14.4. The van der Waals surface area contributed by atoms with Crippen LogP contribution in [0.5, 0.6) is 0 Å². The molecule has 1 atom stereocenters. The van der Waals surface area contributed by atoms with E-state index in [1.807, 2.05) is 24.4 Å². The Morgan fingerprint density at radius 1 is 1.27 bits per heavy atom. The fourth-order valence-corrected chi connectivity index (χ4v) is 4.33. The number of benzene rings is 2. The van der Waals surface area contributed by atoms with Crippen LogP contribution in [0.1, 0.15) is 18.5 Å². The smallest absolute Gasteiger partial charge is 0.263 e. The fourth-order valence-electron chi connectivity index (χ4n) is 3.22. The van der Waals surface area contributed by atoms with Gasteiger partial charge in [-0.1, -0.05) is 35.9 Å². The van der Waals surface area contributed by atoms with Crippen LogP contribution < -0.4 is 10.9 Å². The van der Waals surface area contributed by atoms with E-state index in [2.05, 4.69) is 10.3 Å². The molecule has 0 aliphatic rings. The van der Waals surface area contributed by atoms with E-state index in [1.165, 1.54) is 34.4 Å². The lowest BCUT2D eigenvalue weighted by Crippen LogP contribution is -2.33. The predicted octanol–water partition coefficient (Wildman–Crippen LogP) is 4.79. The van der Waals surface area contributed by atoms with E-state index in [-0.39, 0.29) is 29.9 Å². The van der Waals surface area contributed by atoms with Crippen LogP contribution in [0.3, 0.4) is 0 Å². The standard InChI is InChI=1S/C22H17ClFN3O2S/c1-13(15-3-2-4-16(23)9-15)26-19(28)10-27-12-25-21-20(22(27)29)18(11-30-21)14-5-7-17(24)8-6-14/h2-9,11-13H,10H2,1H3,(H,26,28). The van der Waals surface area contributed by atoms with Gasteiger partial charge in [0, 0.05) is 16.0 Å². The summed E-state index contributed by atoms with van der Waals surface area (Å²) in [5.74, 6) is -0.663. The van der Waals surface area contributed by atoms with Crippen molar-refractivity contribution >= 4 is 39.1 Å². The molecule has 8 heteroatoms. The highest BCUT2D eigenvalue weighted by atomic mass is 35.5. The molecule has 0 bridgehead atoms. The van der Waals surface area contributed by atoms with Crippen LogP contribution in [0.15, 0.2) is 65.0 Å². The van der Waals surface area contributed by atoms with Crippen molar-refractivity contribution in [2.45, 2.75) is 19.5 Å². The zero-order chi connectivity index (χ0) is 21.3. The number of amides is 1. The van der Waals surface area contributed by atoms with Gasteiger partial charge in [0.1, 0.15) is 17.2 Å². The van der Waals surface area contributed by atoms with Gasteiger partial charge in [0.15, 0.2) is 0 Å². The van der Waals surface area contributed by atoms with Gasteiger partial charge in [-0.25, -0.2) is 9.37 Å². The average molecular weight is 442 g/mol. The summed E-state index contributed by atoms with van der Waals surface area (Å²) in [7, 11) is 0. The van der Waals surface area contributed by atoms with E-state index in [9.17, 15) is 14.0 Å². The summed E-state index contributed by atoms with van der Waals surface area (Å²) in [6.45, 7) is 1.69. The van der Waals surface area contributed by atoms with Crippen molar-refractivity contribution in [3.05, 3.63) is 87.0 Å². The highest BCUT2D eigenvalue weighted by Gasteiger charge is 2.16. The van der Waals surface area contributed by atoms with E-state index >= 15 is 0 Å². The minimum Gasteiger partial charge on any atom is -0.348 e. The van der Waals surface area contributed by atoms with Crippen molar-refractivity contribution in [2.24, 2.45) is 0 Å². The van der Waals surface area contributed by atoms with E-state index in [0.717, 1.165) is 11.1 Å². The summed E-state index contributed by atoms with van der Waals surface area (Å²) >= 11 is 7.34. The third-order valence-electron chi connectivity index (χ3n) is 4.76. The lowest BCUT2D eigenvalue weighted by molar-refractivity contribution is -0.122. The highest BCUT2D eigenvalue weighted by molar-refractivity contribution is 7.17. The Morgan fingerprint density at radius 3 is 2.77 bits per heavy atom. The first-order valence-corrected chi connectivity index (χ1v) is 10.5. The number of nitrogens with zero attached hydrogens (tertiary/aromatic N) is 2. The van der Waals surface area contributed by atoms with Gasteiger partial charge in [0.25, 0.3) is 5.56 Å². The predicted molar refractivity (Wildman–Crippen MR) is 117 cm³/mol. The second-order valence-corrected chi connectivity index (χ2v) is 8.15. The first kappa shape index (κ1) is 20.3. The van der Waals surface area contributed by atoms with Crippen molar-refractivity contribution in [1.82, 2.24) is 14.9 Å². The Hall–Kier alpha value is -3.03. The molecular weight excluding hydrogens is 425 g/mol. The fraction of sp³-hybridized carbons (Fsp3) is 0.136. The molecule has 0 radical (unpaired) electrons. The second-order valence-electron chi connectivity index (χ2n) is 6.86. The van der Waals surface area contributed by atoms with Crippen LogP contribution >= 0.6 is 22.9 Å². The van der Waals surface area contributed by atoms with Crippen LogP contribution in [0.4, 0.5) is 4.39 Å². The number of nitrogens with one attached hydrogen (secondary N) is 1. The summed E-state index contributed by atoms with van der Waals surface area (Å²) in [5, 5.41) is 5.70. The normalized spacial score (nSPS) is 12.1. The number of rotatable bonds is 5. The molecule has 0 aliphatic heterocycles. The van der Waals surface area contributed by atoms with E-state index in [4.69, 9.17) is 11.6 Å². The summed E-state index contributed by atoms with van der Waals surface area (Å²) in [6.07, 6.45) is 1.37. The Morgan fingerprint density at radius 2 is 2.03 bits per heavy atom. The van der Waals surface area contributed by atoms with Gasteiger partial charge in [-0.05, 0) is 42.3 Å². The molecule has 4 rings (SSSR count).